The molecule has 1 aliphatic carbocycles. The number of carbonyl (C=O) groups excluding carboxylic acids is 1. The van der Waals surface area contributed by atoms with Crippen LogP contribution in [0.25, 0.3) is 0 Å². The maximum atomic E-state index is 10.7. The van der Waals surface area contributed by atoms with E-state index in [0.29, 0.717) is 5.92 Å². The standard InChI is InChI=1S/C10H16O/c1-7(2)9-5-4-8(3)10(9)6-11/h6,8,10H,4-5H2,1-3H3/t8-,10+/m1/s1. The summed E-state index contributed by atoms with van der Waals surface area (Å²) < 4.78 is 0. The number of rotatable bonds is 1. The molecule has 0 aromatic heterocycles. The molecular formula is C10H16O. The molecule has 0 N–H and O–H groups in total. The van der Waals surface area contributed by atoms with Crippen molar-refractivity contribution in [3.05, 3.63) is 11.1 Å². The fourth-order valence-electron chi connectivity index (χ4n) is 1.87. The van der Waals surface area contributed by atoms with Gasteiger partial charge in [0.25, 0.3) is 0 Å². The first-order chi connectivity index (χ1) is 5.16. The monoisotopic (exact) mass is 152 g/mol. The molecule has 0 saturated heterocycles. The van der Waals surface area contributed by atoms with Gasteiger partial charge in [0.05, 0.1) is 0 Å². The van der Waals surface area contributed by atoms with Crippen molar-refractivity contribution in [1.82, 2.24) is 0 Å². The predicted octanol–water partition coefficient (Wildman–Crippen LogP) is 2.57. The number of carbonyl (C=O) groups is 1. The third kappa shape index (κ3) is 1.52. The van der Waals surface area contributed by atoms with Crippen LogP contribution in [-0.2, 0) is 4.79 Å². The van der Waals surface area contributed by atoms with Crippen LogP contribution in [0, 0.1) is 11.8 Å². The second-order valence-corrected chi connectivity index (χ2v) is 3.70. The lowest BCUT2D eigenvalue weighted by molar-refractivity contribution is -0.110. The predicted molar refractivity (Wildman–Crippen MR) is 46.3 cm³/mol. The Morgan fingerprint density at radius 3 is 2.55 bits per heavy atom. The van der Waals surface area contributed by atoms with Crippen LogP contribution < -0.4 is 0 Å². The molecule has 0 spiro atoms. The fourth-order valence-corrected chi connectivity index (χ4v) is 1.87. The topological polar surface area (TPSA) is 17.1 Å². The van der Waals surface area contributed by atoms with E-state index >= 15 is 0 Å². The van der Waals surface area contributed by atoms with Gasteiger partial charge in [-0.05, 0) is 32.6 Å². The molecule has 0 amide bonds. The van der Waals surface area contributed by atoms with Gasteiger partial charge in [-0.1, -0.05) is 18.1 Å². The van der Waals surface area contributed by atoms with Crippen LogP contribution in [0.4, 0.5) is 0 Å². The highest BCUT2D eigenvalue weighted by Crippen LogP contribution is 2.36. The van der Waals surface area contributed by atoms with E-state index in [1.807, 2.05) is 0 Å². The Kier molecular flexibility index (Phi) is 2.48. The summed E-state index contributed by atoms with van der Waals surface area (Å²) in [6.07, 6.45) is 3.43. The second-order valence-electron chi connectivity index (χ2n) is 3.70. The molecule has 2 atom stereocenters. The Balaban J connectivity index is 2.85. The molecule has 0 bridgehead atoms. The van der Waals surface area contributed by atoms with Gasteiger partial charge in [-0.3, -0.25) is 0 Å². The van der Waals surface area contributed by atoms with E-state index in [1.165, 1.54) is 17.6 Å². The molecule has 1 nitrogen and oxygen atoms in total. The Morgan fingerprint density at radius 1 is 1.55 bits per heavy atom. The molecule has 0 aromatic carbocycles. The molecule has 0 heterocycles. The Labute approximate surface area is 68.5 Å². The van der Waals surface area contributed by atoms with E-state index in [-0.39, 0.29) is 5.92 Å². The van der Waals surface area contributed by atoms with Gasteiger partial charge in [-0.25, -0.2) is 0 Å². The highest BCUT2D eigenvalue weighted by molar-refractivity contribution is 5.61. The molecule has 0 aliphatic heterocycles. The van der Waals surface area contributed by atoms with Gasteiger partial charge in [0.2, 0.25) is 0 Å². The molecule has 1 saturated carbocycles. The highest BCUT2D eigenvalue weighted by atomic mass is 16.1. The van der Waals surface area contributed by atoms with Crippen LogP contribution in [0.3, 0.4) is 0 Å². The molecule has 11 heavy (non-hydrogen) atoms. The lowest BCUT2D eigenvalue weighted by atomic mass is 9.94. The molecular weight excluding hydrogens is 136 g/mol. The van der Waals surface area contributed by atoms with Gasteiger partial charge in [0.1, 0.15) is 6.29 Å². The first-order valence-electron chi connectivity index (χ1n) is 4.28. The summed E-state index contributed by atoms with van der Waals surface area (Å²) in [6, 6.07) is 0. The van der Waals surface area contributed by atoms with Gasteiger partial charge in [-0.15, -0.1) is 0 Å². The van der Waals surface area contributed by atoms with Crippen molar-refractivity contribution in [2.24, 2.45) is 11.8 Å². The minimum Gasteiger partial charge on any atom is -0.303 e. The molecule has 62 valence electrons. The quantitative estimate of drug-likeness (QED) is 0.417. The van der Waals surface area contributed by atoms with Crippen molar-refractivity contribution in [1.29, 1.82) is 0 Å². The van der Waals surface area contributed by atoms with E-state index in [4.69, 9.17) is 0 Å². The third-order valence-electron chi connectivity index (χ3n) is 2.67. The normalized spacial score (nSPS) is 30.6. The van der Waals surface area contributed by atoms with E-state index < -0.39 is 0 Å². The van der Waals surface area contributed by atoms with Crippen LogP contribution in [0.2, 0.25) is 0 Å². The van der Waals surface area contributed by atoms with Crippen molar-refractivity contribution >= 4 is 6.29 Å². The van der Waals surface area contributed by atoms with Crippen molar-refractivity contribution in [2.45, 2.75) is 33.6 Å². The van der Waals surface area contributed by atoms with E-state index in [1.54, 1.807) is 0 Å². The number of aldehydes is 1. The van der Waals surface area contributed by atoms with Crippen molar-refractivity contribution in [3.63, 3.8) is 0 Å². The van der Waals surface area contributed by atoms with E-state index in [0.717, 1.165) is 12.7 Å². The lowest BCUT2D eigenvalue weighted by Crippen LogP contribution is -2.07. The van der Waals surface area contributed by atoms with Crippen LogP contribution in [0.5, 0.6) is 0 Å². The Morgan fingerprint density at radius 2 is 2.18 bits per heavy atom. The zero-order valence-corrected chi connectivity index (χ0v) is 7.55. The maximum Gasteiger partial charge on any atom is 0.127 e. The minimum absolute atomic E-state index is 0.222. The number of hydrogen-bond acceptors (Lipinski definition) is 1. The summed E-state index contributed by atoms with van der Waals surface area (Å²) in [5.74, 6) is 0.789. The zero-order chi connectivity index (χ0) is 8.43. The summed E-state index contributed by atoms with van der Waals surface area (Å²) in [5, 5.41) is 0. The van der Waals surface area contributed by atoms with Gasteiger partial charge in [-0.2, -0.15) is 0 Å². The van der Waals surface area contributed by atoms with Crippen LogP contribution >= 0.6 is 0 Å². The lowest BCUT2D eigenvalue weighted by Gasteiger charge is -2.09. The summed E-state index contributed by atoms with van der Waals surface area (Å²) in [7, 11) is 0. The van der Waals surface area contributed by atoms with Gasteiger partial charge >= 0.3 is 0 Å². The summed E-state index contributed by atoms with van der Waals surface area (Å²) >= 11 is 0. The number of hydrogen-bond donors (Lipinski definition) is 0. The summed E-state index contributed by atoms with van der Waals surface area (Å²) in [6.45, 7) is 6.36. The molecule has 1 fully saturated rings. The molecule has 1 heteroatoms. The summed E-state index contributed by atoms with van der Waals surface area (Å²) in [4.78, 5) is 10.7. The average molecular weight is 152 g/mol. The molecule has 0 unspecified atom stereocenters. The van der Waals surface area contributed by atoms with Crippen LogP contribution in [-0.4, -0.2) is 6.29 Å². The average Bonchev–Trinajstić information content (AvgIpc) is 2.30. The van der Waals surface area contributed by atoms with Crippen molar-refractivity contribution in [3.8, 4) is 0 Å². The van der Waals surface area contributed by atoms with Gasteiger partial charge < -0.3 is 4.79 Å². The fraction of sp³-hybridized carbons (Fsp3) is 0.700. The third-order valence-corrected chi connectivity index (χ3v) is 2.67. The molecule has 1 aliphatic rings. The molecule has 0 radical (unpaired) electrons. The van der Waals surface area contributed by atoms with Gasteiger partial charge in [0, 0.05) is 5.92 Å². The largest absolute Gasteiger partial charge is 0.303 e. The first kappa shape index (κ1) is 8.51. The first-order valence-corrected chi connectivity index (χ1v) is 4.28. The second kappa shape index (κ2) is 3.21. The smallest absolute Gasteiger partial charge is 0.127 e. The van der Waals surface area contributed by atoms with E-state index in [2.05, 4.69) is 20.8 Å². The molecule has 0 aromatic rings. The maximum absolute atomic E-state index is 10.7. The number of allylic oxidation sites excluding steroid dienone is 2. The highest BCUT2D eigenvalue weighted by Gasteiger charge is 2.27. The minimum atomic E-state index is 0.222. The van der Waals surface area contributed by atoms with Crippen LogP contribution in [0.15, 0.2) is 11.1 Å². The van der Waals surface area contributed by atoms with Crippen molar-refractivity contribution < 1.29 is 4.79 Å². The Bertz CT molecular complexity index is 187. The van der Waals surface area contributed by atoms with Crippen molar-refractivity contribution in [2.75, 3.05) is 0 Å². The van der Waals surface area contributed by atoms with E-state index in [9.17, 15) is 4.79 Å². The van der Waals surface area contributed by atoms with Crippen LogP contribution in [0.1, 0.15) is 33.6 Å². The summed E-state index contributed by atoms with van der Waals surface area (Å²) in [5.41, 5.74) is 2.72. The molecule has 1 rings (SSSR count). The zero-order valence-electron chi connectivity index (χ0n) is 7.55. The van der Waals surface area contributed by atoms with Gasteiger partial charge in [0.15, 0.2) is 0 Å². The SMILES string of the molecule is CC(C)=C1CC[C@@H](C)[C@@H]1C=O. The Hall–Kier alpha value is -0.590.